The number of rotatable bonds is 5. The number of carbonyl (C=O) groups excluding carboxylic acids is 1. The molecule has 1 unspecified atom stereocenters. The van der Waals surface area contributed by atoms with Gasteiger partial charge in [0.05, 0.1) is 12.8 Å². The molecule has 3 rings (SSSR count). The number of aromatic nitrogens is 4. The van der Waals surface area contributed by atoms with Crippen LogP contribution >= 0.6 is 0 Å². The second kappa shape index (κ2) is 7.46. The number of nitrogens with zero attached hydrogens (tertiary/aromatic N) is 3. The smallest absolute Gasteiger partial charge is 0.325 e. The molecule has 0 spiro atoms. The van der Waals surface area contributed by atoms with Crippen LogP contribution in [0.4, 0.5) is 30.8 Å². The van der Waals surface area contributed by atoms with Crippen LogP contribution in [-0.2, 0) is 11.3 Å². The van der Waals surface area contributed by atoms with Crippen LogP contribution in [0.3, 0.4) is 0 Å². The van der Waals surface area contributed by atoms with Crippen LogP contribution in [0.5, 0.6) is 5.88 Å². The second-order valence-corrected chi connectivity index (χ2v) is 5.55. The molecule has 1 atom stereocenters. The van der Waals surface area contributed by atoms with Gasteiger partial charge in [0.1, 0.15) is 23.2 Å². The maximum absolute atomic E-state index is 14.2. The van der Waals surface area contributed by atoms with Gasteiger partial charge in [-0.2, -0.15) is 0 Å². The molecule has 2 heterocycles. The summed E-state index contributed by atoms with van der Waals surface area (Å²) in [6.07, 6.45) is 1.13. The third-order valence-corrected chi connectivity index (χ3v) is 3.66. The van der Waals surface area contributed by atoms with Gasteiger partial charge in [0.2, 0.25) is 5.88 Å². The fourth-order valence-corrected chi connectivity index (χ4v) is 2.50. The first-order chi connectivity index (χ1) is 12.9. The van der Waals surface area contributed by atoms with Crippen molar-refractivity contribution in [2.75, 3.05) is 22.5 Å². The van der Waals surface area contributed by atoms with Crippen LogP contribution < -0.4 is 20.1 Å². The molecule has 0 bridgehead atoms. The number of amides is 2. The van der Waals surface area contributed by atoms with Crippen molar-refractivity contribution < 1.29 is 27.1 Å². The van der Waals surface area contributed by atoms with E-state index in [-0.39, 0.29) is 22.7 Å². The summed E-state index contributed by atoms with van der Waals surface area (Å²) >= 11 is -2.83. The molecule has 11 nitrogen and oxygen atoms in total. The fourth-order valence-electron chi connectivity index (χ4n) is 2.16. The maximum Gasteiger partial charge on any atom is 0.325 e. The van der Waals surface area contributed by atoms with Gasteiger partial charge in [0.15, 0.2) is 17.3 Å². The summed E-state index contributed by atoms with van der Waals surface area (Å²) in [4.78, 5) is 19.9. The van der Waals surface area contributed by atoms with Crippen molar-refractivity contribution in [3.05, 3.63) is 30.1 Å². The Bertz CT molecular complexity index is 1040. The summed E-state index contributed by atoms with van der Waals surface area (Å²) in [5.74, 6) is -2.34. The predicted molar refractivity (Wildman–Crippen MR) is 89.8 cm³/mol. The number of methoxy groups -OCH3 is 1. The summed E-state index contributed by atoms with van der Waals surface area (Å²) in [6.45, 7) is 0. The fraction of sp³-hybridized carbons (Fsp3) is 0.0769. The number of urea groups is 1. The molecular formula is C13H10F2N7O4S-. The third kappa shape index (κ3) is 3.75. The normalized spacial score (nSPS) is 11.9. The van der Waals surface area contributed by atoms with Gasteiger partial charge in [-0.05, 0) is 12.1 Å². The number of hydrogen-bond acceptors (Lipinski definition) is 7. The lowest BCUT2D eigenvalue weighted by Gasteiger charge is -2.14. The molecule has 142 valence electrons. The van der Waals surface area contributed by atoms with E-state index in [1.807, 2.05) is 5.32 Å². The minimum absolute atomic E-state index is 0.0288. The molecule has 2 amide bonds. The van der Waals surface area contributed by atoms with Gasteiger partial charge in [-0.1, -0.05) is 0 Å². The minimum atomic E-state index is -2.83. The third-order valence-electron chi connectivity index (χ3n) is 3.27. The molecule has 2 aromatic heterocycles. The number of halogens is 2. The lowest BCUT2D eigenvalue weighted by molar-refractivity contribution is 0.262. The van der Waals surface area contributed by atoms with E-state index in [9.17, 15) is 22.3 Å². The van der Waals surface area contributed by atoms with Gasteiger partial charge in [-0.25, -0.2) is 23.5 Å². The van der Waals surface area contributed by atoms with Gasteiger partial charge in [0.25, 0.3) is 0 Å². The SMILES string of the molecule is COc1n[nH]c2ncnc(NC(=O)Nc3c(F)ccc(NS(=O)[O-])c3F)c12. The van der Waals surface area contributed by atoms with Crippen molar-refractivity contribution >= 4 is 45.5 Å². The average Bonchev–Trinajstić information content (AvgIpc) is 3.05. The van der Waals surface area contributed by atoms with Crippen LogP contribution in [0.25, 0.3) is 11.0 Å². The first kappa shape index (κ1) is 18.4. The van der Waals surface area contributed by atoms with Crippen LogP contribution in [0.2, 0.25) is 0 Å². The number of nitrogens with one attached hydrogen (secondary N) is 4. The molecule has 0 aliphatic carbocycles. The molecule has 14 heteroatoms. The predicted octanol–water partition coefficient (Wildman–Crippen LogP) is 1.49. The number of aromatic amines is 1. The summed E-state index contributed by atoms with van der Waals surface area (Å²) in [7, 11) is 1.34. The van der Waals surface area contributed by atoms with Crippen molar-refractivity contribution in [3.63, 3.8) is 0 Å². The molecular weight excluding hydrogens is 388 g/mol. The summed E-state index contributed by atoms with van der Waals surface area (Å²) in [5.41, 5.74) is -1.13. The Labute approximate surface area is 152 Å². The van der Waals surface area contributed by atoms with Crippen molar-refractivity contribution in [1.82, 2.24) is 20.2 Å². The zero-order valence-electron chi connectivity index (χ0n) is 13.4. The summed E-state index contributed by atoms with van der Waals surface area (Å²) in [6, 6.07) is 0.612. The Balaban J connectivity index is 1.87. The van der Waals surface area contributed by atoms with Gasteiger partial charge in [-0.15, -0.1) is 5.10 Å². The molecule has 0 saturated heterocycles. The molecule has 3 aromatic rings. The molecule has 4 N–H and O–H groups in total. The Kier molecular flexibility index (Phi) is 5.09. The molecule has 0 radical (unpaired) electrons. The van der Waals surface area contributed by atoms with E-state index in [0.29, 0.717) is 0 Å². The monoisotopic (exact) mass is 398 g/mol. The number of hydrogen-bond donors (Lipinski definition) is 4. The van der Waals surface area contributed by atoms with Gasteiger partial charge in [0, 0.05) is 11.3 Å². The first-order valence-corrected chi connectivity index (χ1v) is 8.13. The van der Waals surface area contributed by atoms with Gasteiger partial charge < -0.3 is 19.3 Å². The lowest BCUT2D eigenvalue weighted by atomic mass is 10.2. The number of H-pyrrole nitrogens is 1. The van der Waals surface area contributed by atoms with Gasteiger partial charge in [-0.3, -0.25) is 14.6 Å². The second-order valence-electron chi connectivity index (χ2n) is 4.88. The molecule has 1 aromatic carbocycles. The Morgan fingerprint density at radius 3 is 2.78 bits per heavy atom. The topological polar surface area (TPSA) is 157 Å². The average molecular weight is 398 g/mol. The highest BCUT2D eigenvalue weighted by molar-refractivity contribution is 7.80. The molecule has 0 aliphatic rings. The number of anilines is 3. The zero-order chi connectivity index (χ0) is 19.6. The van der Waals surface area contributed by atoms with Crippen molar-refractivity contribution in [1.29, 1.82) is 0 Å². The largest absolute Gasteiger partial charge is 0.755 e. The van der Waals surface area contributed by atoms with E-state index in [2.05, 4.69) is 25.5 Å². The van der Waals surface area contributed by atoms with Crippen LogP contribution in [0.1, 0.15) is 0 Å². The standard InChI is InChI=1S/C13H11F2N7O4S/c1-26-12-7-10(16-4-17-11(7)20-21-12)19-13(23)18-9-5(14)2-3-6(8(9)15)22-27(24)25/h2-4,22H,1H3,(H,24,25)(H3,16,17,18,19,20,21,23)/p-1. The number of benzene rings is 1. The van der Waals surface area contributed by atoms with E-state index < -0.39 is 40.3 Å². The number of ether oxygens (including phenoxy) is 1. The Morgan fingerprint density at radius 2 is 2.07 bits per heavy atom. The quantitative estimate of drug-likeness (QED) is 0.474. The first-order valence-electron chi connectivity index (χ1n) is 7.05. The van der Waals surface area contributed by atoms with E-state index in [1.54, 1.807) is 4.72 Å². The van der Waals surface area contributed by atoms with Crippen molar-refractivity contribution in [3.8, 4) is 5.88 Å². The van der Waals surface area contributed by atoms with E-state index in [0.717, 1.165) is 18.5 Å². The van der Waals surface area contributed by atoms with Crippen LogP contribution in [-0.4, -0.2) is 42.1 Å². The van der Waals surface area contributed by atoms with E-state index in [1.165, 1.54) is 7.11 Å². The highest BCUT2D eigenvalue weighted by Crippen LogP contribution is 2.28. The molecule has 0 fully saturated rings. The lowest BCUT2D eigenvalue weighted by Crippen LogP contribution is -2.22. The Hall–Kier alpha value is -3.39. The van der Waals surface area contributed by atoms with E-state index in [4.69, 9.17) is 4.74 Å². The molecule has 0 saturated carbocycles. The van der Waals surface area contributed by atoms with Crippen LogP contribution in [0.15, 0.2) is 18.5 Å². The highest BCUT2D eigenvalue weighted by atomic mass is 32.2. The molecule has 27 heavy (non-hydrogen) atoms. The van der Waals surface area contributed by atoms with Gasteiger partial charge >= 0.3 is 6.03 Å². The van der Waals surface area contributed by atoms with Crippen molar-refractivity contribution in [2.45, 2.75) is 0 Å². The number of carbonyl (C=O) groups is 1. The summed E-state index contributed by atoms with van der Waals surface area (Å²) < 4.78 is 56.1. The number of fused-ring (bicyclic) bond motifs is 1. The Morgan fingerprint density at radius 1 is 1.30 bits per heavy atom. The maximum atomic E-state index is 14.2. The van der Waals surface area contributed by atoms with Crippen molar-refractivity contribution in [2.24, 2.45) is 0 Å². The van der Waals surface area contributed by atoms with Crippen LogP contribution in [0, 0.1) is 11.6 Å². The zero-order valence-corrected chi connectivity index (χ0v) is 14.2. The minimum Gasteiger partial charge on any atom is -0.755 e. The van der Waals surface area contributed by atoms with E-state index >= 15 is 0 Å². The summed E-state index contributed by atoms with van der Waals surface area (Å²) in [5, 5.41) is 10.9. The highest BCUT2D eigenvalue weighted by Gasteiger charge is 2.19. The molecule has 0 aliphatic heterocycles.